The van der Waals surface area contributed by atoms with Crippen molar-refractivity contribution in [1.29, 1.82) is 0 Å². The Kier molecular flexibility index (Phi) is 11.4. The van der Waals surface area contributed by atoms with Crippen molar-refractivity contribution in [2.75, 3.05) is 0 Å². The van der Waals surface area contributed by atoms with Crippen LogP contribution in [0.1, 0.15) is 43.5 Å². The van der Waals surface area contributed by atoms with Crippen LogP contribution in [-0.4, -0.2) is 23.0 Å². The van der Waals surface area contributed by atoms with Crippen molar-refractivity contribution in [2.45, 2.75) is 50.6 Å². The highest BCUT2D eigenvalue weighted by atomic mass is 79.9. The number of aromatic nitrogens is 1. The minimum Gasteiger partial charge on any atom is -1.00 e. The summed E-state index contributed by atoms with van der Waals surface area (Å²) >= 11 is 1.07. The van der Waals surface area contributed by atoms with Crippen LogP contribution in [0.5, 0.6) is 0 Å². The van der Waals surface area contributed by atoms with Crippen molar-refractivity contribution < 1.29 is 35.9 Å². The van der Waals surface area contributed by atoms with Gasteiger partial charge >= 0.3 is 0 Å². The summed E-state index contributed by atoms with van der Waals surface area (Å²) in [5.74, 6) is -1.11. The number of aryl methyl sites for hydroxylation is 1. The van der Waals surface area contributed by atoms with Crippen molar-refractivity contribution in [3.05, 3.63) is 60.4 Å². The van der Waals surface area contributed by atoms with Gasteiger partial charge in [0.2, 0.25) is 5.91 Å². The van der Waals surface area contributed by atoms with Crippen LogP contribution in [0.3, 0.4) is 0 Å². The van der Waals surface area contributed by atoms with Crippen LogP contribution in [0.25, 0.3) is 0 Å². The summed E-state index contributed by atoms with van der Waals surface area (Å²) in [5, 5.41) is 2.69. The molecule has 0 radical (unpaired) electrons. The van der Waals surface area contributed by atoms with Crippen LogP contribution >= 0.6 is 11.8 Å². The van der Waals surface area contributed by atoms with Gasteiger partial charge in [-0.2, -0.15) is 0 Å². The van der Waals surface area contributed by atoms with Gasteiger partial charge in [-0.15, -0.1) is 0 Å². The SMILES string of the molecule is CC(C)C(NC(=O)c1ccccc1SC(=O)CCCC[n+]1ccccc1)C(N)=O.[Br-]. The Morgan fingerprint density at radius 1 is 1.03 bits per heavy atom. The molecular weight excluding hydrogens is 466 g/mol. The fraction of sp³-hybridized carbons (Fsp3) is 0.364. The molecule has 6 nitrogen and oxygen atoms in total. The maximum absolute atomic E-state index is 12.6. The summed E-state index contributed by atoms with van der Waals surface area (Å²) in [5.41, 5.74) is 5.75. The molecule has 0 bridgehead atoms. The number of carbonyl (C=O) groups is 3. The minimum atomic E-state index is -0.758. The Morgan fingerprint density at radius 3 is 2.33 bits per heavy atom. The van der Waals surface area contributed by atoms with Crippen LogP contribution < -0.4 is 32.6 Å². The molecule has 30 heavy (non-hydrogen) atoms. The zero-order valence-electron chi connectivity index (χ0n) is 17.2. The molecule has 1 heterocycles. The Balaban J connectivity index is 0.00000450. The lowest BCUT2D eigenvalue weighted by atomic mass is 10.0. The molecule has 1 aromatic heterocycles. The number of halogens is 1. The highest BCUT2D eigenvalue weighted by Gasteiger charge is 2.23. The highest BCUT2D eigenvalue weighted by molar-refractivity contribution is 8.13. The van der Waals surface area contributed by atoms with Gasteiger partial charge in [0.25, 0.3) is 5.91 Å². The predicted molar refractivity (Wildman–Crippen MR) is 113 cm³/mol. The van der Waals surface area contributed by atoms with E-state index < -0.39 is 17.9 Å². The summed E-state index contributed by atoms with van der Waals surface area (Å²) in [7, 11) is 0. The molecule has 0 aliphatic carbocycles. The Morgan fingerprint density at radius 2 is 1.70 bits per heavy atom. The number of hydrogen-bond acceptors (Lipinski definition) is 4. The van der Waals surface area contributed by atoms with Gasteiger partial charge < -0.3 is 28.0 Å². The van der Waals surface area contributed by atoms with Crippen molar-refractivity contribution in [3.8, 4) is 0 Å². The largest absolute Gasteiger partial charge is 1.00 e. The van der Waals surface area contributed by atoms with E-state index in [0.29, 0.717) is 16.9 Å². The van der Waals surface area contributed by atoms with E-state index in [1.807, 2.05) is 44.4 Å². The molecular formula is C22H28BrN3O3S. The van der Waals surface area contributed by atoms with Crippen LogP contribution in [-0.2, 0) is 16.1 Å². The second-order valence-electron chi connectivity index (χ2n) is 7.14. The number of rotatable bonds is 10. The van der Waals surface area contributed by atoms with Crippen molar-refractivity contribution in [1.82, 2.24) is 5.32 Å². The quantitative estimate of drug-likeness (QED) is 0.270. The lowest BCUT2D eigenvalue weighted by Crippen LogP contribution is -3.00. The van der Waals surface area contributed by atoms with Gasteiger partial charge in [-0.25, -0.2) is 4.57 Å². The Bertz CT molecular complexity index is 847. The number of thioether (sulfide) groups is 1. The van der Waals surface area contributed by atoms with E-state index in [4.69, 9.17) is 5.73 Å². The number of pyridine rings is 1. The van der Waals surface area contributed by atoms with Gasteiger partial charge in [0, 0.05) is 29.9 Å². The second-order valence-corrected chi connectivity index (χ2v) is 8.24. The van der Waals surface area contributed by atoms with Gasteiger partial charge in [-0.05, 0) is 24.5 Å². The number of amides is 2. The van der Waals surface area contributed by atoms with Crippen LogP contribution in [0.4, 0.5) is 0 Å². The maximum Gasteiger partial charge on any atom is 0.253 e. The fourth-order valence-corrected chi connectivity index (χ4v) is 3.76. The molecule has 0 saturated carbocycles. The van der Waals surface area contributed by atoms with E-state index in [1.54, 1.807) is 24.3 Å². The molecule has 0 fully saturated rings. The topological polar surface area (TPSA) is 93.1 Å². The normalized spacial score (nSPS) is 11.4. The molecule has 8 heteroatoms. The lowest BCUT2D eigenvalue weighted by molar-refractivity contribution is -0.697. The molecule has 3 N–H and O–H groups in total. The number of nitrogens with two attached hydrogens (primary N) is 1. The molecule has 1 unspecified atom stereocenters. The number of benzene rings is 1. The van der Waals surface area contributed by atoms with Crippen LogP contribution in [0, 0.1) is 5.92 Å². The zero-order chi connectivity index (χ0) is 21.2. The summed E-state index contributed by atoms with van der Waals surface area (Å²) in [4.78, 5) is 37.2. The molecule has 0 spiro atoms. The van der Waals surface area contributed by atoms with E-state index >= 15 is 0 Å². The number of nitrogens with zero attached hydrogens (tertiary/aromatic N) is 1. The van der Waals surface area contributed by atoms with Gasteiger partial charge in [-0.1, -0.05) is 43.8 Å². The second kappa shape index (κ2) is 13.2. The summed E-state index contributed by atoms with van der Waals surface area (Å²) in [6.45, 7) is 4.49. The van der Waals surface area contributed by atoms with Gasteiger partial charge in [0.15, 0.2) is 17.5 Å². The van der Waals surface area contributed by atoms with Crippen LogP contribution in [0.2, 0.25) is 0 Å². The van der Waals surface area contributed by atoms with E-state index in [1.165, 1.54) is 0 Å². The molecule has 0 saturated heterocycles. The van der Waals surface area contributed by atoms with Crippen molar-refractivity contribution in [3.63, 3.8) is 0 Å². The van der Waals surface area contributed by atoms with Crippen molar-refractivity contribution >= 4 is 28.7 Å². The number of unbranched alkanes of at least 4 members (excludes halogenated alkanes) is 1. The standard InChI is InChI=1S/C22H27N3O3S.BrH/c1-16(2)20(21(23)27)24-22(28)17-10-4-5-11-18(17)29-19(26)12-6-9-15-25-13-7-3-8-14-25;/h3-5,7-8,10-11,13-14,16,20H,6,9,12,15H2,1-2H3,(H2-,23,24,27,28);1H. The third-order valence-electron chi connectivity index (χ3n) is 4.44. The minimum absolute atomic E-state index is 0. The molecule has 1 atom stereocenters. The van der Waals surface area contributed by atoms with E-state index in [9.17, 15) is 14.4 Å². The highest BCUT2D eigenvalue weighted by Crippen LogP contribution is 2.25. The third-order valence-corrected chi connectivity index (χ3v) is 5.45. The number of hydrogen-bond donors (Lipinski definition) is 2. The van der Waals surface area contributed by atoms with Crippen molar-refractivity contribution in [2.24, 2.45) is 11.7 Å². The zero-order valence-corrected chi connectivity index (χ0v) is 19.6. The first-order chi connectivity index (χ1) is 13.9. The fourth-order valence-electron chi connectivity index (χ4n) is 2.85. The average Bonchev–Trinajstić information content (AvgIpc) is 2.70. The van der Waals surface area contributed by atoms with Gasteiger partial charge in [-0.3, -0.25) is 14.4 Å². The Labute approximate surface area is 192 Å². The average molecular weight is 494 g/mol. The molecule has 1 aromatic carbocycles. The monoisotopic (exact) mass is 493 g/mol. The van der Waals surface area contributed by atoms with Gasteiger partial charge in [0.05, 0.1) is 5.56 Å². The summed E-state index contributed by atoms with van der Waals surface area (Å²) < 4.78 is 2.08. The summed E-state index contributed by atoms with van der Waals surface area (Å²) in [6.07, 6.45) is 6.12. The third kappa shape index (κ3) is 8.28. The molecule has 0 aliphatic heterocycles. The molecule has 2 aromatic rings. The smallest absolute Gasteiger partial charge is 0.253 e. The van der Waals surface area contributed by atoms with Gasteiger partial charge in [0.1, 0.15) is 12.6 Å². The Hall–Kier alpha value is -2.19. The molecule has 0 aliphatic rings. The first-order valence-corrected chi connectivity index (χ1v) is 10.5. The molecule has 162 valence electrons. The summed E-state index contributed by atoms with van der Waals surface area (Å²) in [6, 6.07) is 12.1. The maximum atomic E-state index is 12.6. The number of nitrogens with one attached hydrogen (secondary N) is 1. The van der Waals surface area contributed by atoms with E-state index in [-0.39, 0.29) is 28.0 Å². The lowest BCUT2D eigenvalue weighted by Gasteiger charge is -2.19. The van der Waals surface area contributed by atoms with E-state index in [0.717, 1.165) is 31.1 Å². The molecule has 2 rings (SSSR count). The van der Waals surface area contributed by atoms with Crippen LogP contribution in [0.15, 0.2) is 59.8 Å². The number of carbonyl (C=O) groups excluding carboxylic acids is 3. The first kappa shape index (κ1) is 25.8. The first-order valence-electron chi connectivity index (χ1n) is 9.72. The molecule has 2 amide bonds. The number of primary amides is 1. The predicted octanol–water partition coefficient (Wildman–Crippen LogP) is -0.293. The van der Waals surface area contributed by atoms with E-state index in [2.05, 4.69) is 9.88 Å².